The summed E-state index contributed by atoms with van der Waals surface area (Å²) in [4.78, 5) is 0. The summed E-state index contributed by atoms with van der Waals surface area (Å²) in [7, 11) is 0. The minimum absolute atomic E-state index is 0.141. The van der Waals surface area contributed by atoms with Crippen LogP contribution in [0.25, 0.3) is 0 Å². The molecule has 0 N–H and O–H groups in total. The first-order valence-corrected chi connectivity index (χ1v) is 4.80. The largest absolute Gasteiger partial charge is 0.470 e. The summed E-state index contributed by atoms with van der Waals surface area (Å²) in [6.07, 6.45) is 5.18. The van der Waals surface area contributed by atoms with Gasteiger partial charge in [-0.3, -0.25) is 0 Å². The Morgan fingerprint density at radius 3 is 2.64 bits per heavy atom. The fraction of sp³-hybridized carbons (Fsp3) is 0.167. The molecule has 1 atom stereocenters. The van der Waals surface area contributed by atoms with Gasteiger partial charge in [0, 0.05) is 18.8 Å². The summed E-state index contributed by atoms with van der Waals surface area (Å²) in [5, 5.41) is 0. The van der Waals surface area contributed by atoms with E-state index >= 15 is 0 Å². The van der Waals surface area contributed by atoms with Crippen LogP contribution in [0.5, 0.6) is 5.75 Å². The van der Waals surface area contributed by atoms with Gasteiger partial charge in [0.1, 0.15) is 5.75 Å². The third-order valence-electron chi connectivity index (χ3n) is 2.59. The second-order valence-corrected chi connectivity index (χ2v) is 3.51. The molecule has 2 heterocycles. The highest BCUT2D eigenvalue weighted by Gasteiger charge is 2.22. The van der Waals surface area contributed by atoms with Crippen LogP contribution in [0, 0.1) is 0 Å². The third-order valence-corrected chi connectivity index (χ3v) is 2.59. The van der Waals surface area contributed by atoms with Gasteiger partial charge in [-0.15, -0.1) is 0 Å². The molecule has 1 unspecified atom stereocenters. The lowest BCUT2D eigenvalue weighted by Crippen LogP contribution is -2.10. The SMILES string of the molecule is c1ccc2c(c1)CC(n1cccc1)O2. The van der Waals surface area contributed by atoms with Gasteiger partial charge in [-0.2, -0.15) is 0 Å². The zero-order valence-corrected chi connectivity index (χ0v) is 7.76. The van der Waals surface area contributed by atoms with Gasteiger partial charge >= 0.3 is 0 Å². The summed E-state index contributed by atoms with van der Waals surface area (Å²) in [6, 6.07) is 12.3. The van der Waals surface area contributed by atoms with Crippen molar-refractivity contribution in [2.75, 3.05) is 0 Å². The highest BCUT2D eigenvalue weighted by molar-refractivity contribution is 5.36. The normalized spacial score (nSPS) is 19.0. The van der Waals surface area contributed by atoms with Crippen molar-refractivity contribution < 1.29 is 4.74 Å². The summed E-state index contributed by atoms with van der Waals surface area (Å²) < 4.78 is 7.91. The maximum absolute atomic E-state index is 5.81. The number of benzene rings is 1. The van der Waals surface area contributed by atoms with Gasteiger partial charge in [-0.25, -0.2) is 0 Å². The van der Waals surface area contributed by atoms with Crippen molar-refractivity contribution in [2.24, 2.45) is 0 Å². The number of aromatic nitrogens is 1. The maximum Gasteiger partial charge on any atom is 0.179 e. The Kier molecular flexibility index (Phi) is 1.60. The molecule has 0 amide bonds. The number of para-hydroxylation sites is 1. The lowest BCUT2D eigenvalue weighted by molar-refractivity contribution is 0.161. The Hall–Kier alpha value is -1.70. The number of ether oxygens (including phenoxy) is 1. The summed E-state index contributed by atoms with van der Waals surface area (Å²) >= 11 is 0. The van der Waals surface area contributed by atoms with E-state index < -0.39 is 0 Å². The van der Waals surface area contributed by atoms with Crippen LogP contribution in [-0.4, -0.2) is 4.57 Å². The summed E-state index contributed by atoms with van der Waals surface area (Å²) in [5.74, 6) is 1.02. The fourth-order valence-corrected chi connectivity index (χ4v) is 1.87. The molecular weight excluding hydrogens is 174 g/mol. The molecule has 0 saturated heterocycles. The van der Waals surface area contributed by atoms with Crippen LogP contribution in [-0.2, 0) is 6.42 Å². The molecular formula is C12H11NO. The molecule has 0 radical (unpaired) electrons. The van der Waals surface area contributed by atoms with Gasteiger partial charge in [0.05, 0.1) is 0 Å². The predicted octanol–water partition coefficient (Wildman–Crippen LogP) is 2.62. The predicted molar refractivity (Wildman–Crippen MR) is 54.2 cm³/mol. The first kappa shape index (κ1) is 7.68. The molecule has 0 fully saturated rings. The van der Waals surface area contributed by atoms with E-state index in [1.807, 2.05) is 36.7 Å². The van der Waals surface area contributed by atoms with Crippen molar-refractivity contribution in [2.45, 2.75) is 12.6 Å². The number of hydrogen-bond donors (Lipinski definition) is 0. The Bertz CT molecular complexity index is 408. The van der Waals surface area contributed by atoms with Crippen LogP contribution in [0.15, 0.2) is 48.8 Å². The minimum atomic E-state index is 0.141. The van der Waals surface area contributed by atoms with Crippen molar-refractivity contribution in [3.8, 4) is 5.75 Å². The summed E-state index contributed by atoms with van der Waals surface area (Å²) in [5.41, 5.74) is 1.30. The topological polar surface area (TPSA) is 14.2 Å². The standard InChI is InChI=1S/C12H11NO/c1-2-6-11-10(5-1)9-12(14-11)13-7-3-4-8-13/h1-8,12H,9H2. The van der Waals surface area contributed by atoms with Crippen molar-refractivity contribution in [1.29, 1.82) is 0 Å². The summed E-state index contributed by atoms with van der Waals surface area (Å²) in [6.45, 7) is 0. The highest BCUT2D eigenvalue weighted by atomic mass is 16.5. The number of rotatable bonds is 1. The Balaban J connectivity index is 1.92. The Morgan fingerprint density at radius 1 is 1.07 bits per heavy atom. The van der Waals surface area contributed by atoms with E-state index in [4.69, 9.17) is 4.74 Å². The van der Waals surface area contributed by atoms with E-state index in [2.05, 4.69) is 16.7 Å². The van der Waals surface area contributed by atoms with E-state index in [0.29, 0.717) is 0 Å². The lowest BCUT2D eigenvalue weighted by atomic mass is 10.1. The quantitative estimate of drug-likeness (QED) is 0.666. The van der Waals surface area contributed by atoms with E-state index in [9.17, 15) is 0 Å². The Morgan fingerprint density at radius 2 is 1.86 bits per heavy atom. The van der Waals surface area contributed by atoms with Crippen LogP contribution in [0.2, 0.25) is 0 Å². The smallest absolute Gasteiger partial charge is 0.179 e. The van der Waals surface area contributed by atoms with Crippen molar-refractivity contribution >= 4 is 0 Å². The van der Waals surface area contributed by atoms with Crippen molar-refractivity contribution in [3.05, 3.63) is 54.4 Å². The molecule has 14 heavy (non-hydrogen) atoms. The first-order valence-electron chi connectivity index (χ1n) is 4.80. The third kappa shape index (κ3) is 1.11. The number of hydrogen-bond acceptors (Lipinski definition) is 1. The van der Waals surface area contributed by atoms with E-state index in [1.165, 1.54) is 5.56 Å². The van der Waals surface area contributed by atoms with Crippen LogP contribution >= 0.6 is 0 Å². The number of nitrogens with zero attached hydrogens (tertiary/aromatic N) is 1. The van der Waals surface area contributed by atoms with Gasteiger partial charge in [0.25, 0.3) is 0 Å². The average Bonchev–Trinajstić information content (AvgIpc) is 2.86. The van der Waals surface area contributed by atoms with E-state index in [1.54, 1.807) is 0 Å². The molecule has 1 aliphatic heterocycles. The molecule has 0 saturated carbocycles. The van der Waals surface area contributed by atoms with Gasteiger partial charge in [-0.05, 0) is 23.8 Å². The molecule has 0 bridgehead atoms. The zero-order chi connectivity index (χ0) is 9.38. The fourth-order valence-electron chi connectivity index (χ4n) is 1.87. The highest BCUT2D eigenvalue weighted by Crippen LogP contribution is 2.33. The molecule has 0 spiro atoms. The molecule has 0 aliphatic carbocycles. The molecule has 1 aliphatic rings. The first-order chi connectivity index (χ1) is 6.93. The van der Waals surface area contributed by atoms with Gasteiger partial charge in [0.15, 0.2) is 6.23 Å². The van der Waals surface area contributed by atoms with Crippen LogP contribution < -0.4 is 4.74 Å². The molecule has 3 rings (SSSR count). The molecule has 1 aromatic carbocycles. The molecule has 2 nitrogen and oxygen atoms in total. The van der Waals surface area contributed by atoms with Crippen molar-refractivity contribution in [1.82, 2.24) is 4.57 Å². The average molecular weight is 185 g/mol. The maximum atomic E-state index is 5.81. The molecule has 2 heteroatoms. The molecule has 2 aromatic rings. The van der Waals surface area contributed by atoms with Crippen LogP contribution in [0.4, 0.5) is 0 Å². The zero-order valence-electron chi connectivity index (χ0n) is 7.76. The van der Waals surface area contributed by atoms with E-state index in [0.717, 1.165) is 12.2 Å². The monoisotopic (exact) mass is 185 g/mol. The van der Waals surface area contributed by atoms with Gasteiger partial charge < -0.3 is 9.30 Å². The van der Waals surface area contributed by atoms with Crippen molar-refractivity contribution in [3.63, 3.8) is 0 Å². The second kappa shape index (κ2) is 2.91. The van der Waals surface area contributed by atoms with Crippen LogP contribution in [0.1, 0.15) is 11.8 Å². The van der Waals surface area contributed by atoms with E-state index in [-0.39, 0.29) is 6.23 Å². The van der Waals surface area contributed by atoms with Gasteiger partial charge in [0.2, 0.25) is 0 Å². The Labute approximate surface area is 82.7 Å². The lowest BCUT2D eigenvalue weighted by Gasteiger charge is -2.11. The second-order valence-electron chi connectivity index (χ2n) is 3.51. The molecule has 1 aromatic heterocycles. The molecule has 70 valence electrons. The van der Waals surface area contributed by atoms with Crippen LogP contribution in [0.3, 0.4) is 0 Å². The van der Waals surface area contributed by atoms with Gasteiger partial charge in [-0.1, -0.05) is 18.2 Å². The minimum Gasteiger partial charge on any atom is -0.470 e. The number of fused-ring (bicyclic) bond motifs is 1.